The number of esters is 2. The number of rotatable bonds is 9. The zero-order valence-electron chi connectivity index (χ0n) is 23.0. The minimum atomic E-state index is -0.470. The van der Waals surface area contributed by atoms with E-state index in [1.807, 2.05) is 6.92 Å². The van der Waals surface area contributed by atoms with Gasteiger partial charge in [-0.3, -0.25) is 4.79 Å². The second kappa shape index (κ2) is 11.3. The lowest BCUT2D eigenvalue weighted by Gasteiger charge is -2.62. The van der Waals surface area contributed by atoms with Crippen LogP contribution in [0.25, 0.3) is 0 Å². The van der Waals surface area contributed by atoms with Gasteiger partial charge >= 0.3 is 11.9 Å². The number of carbonyl (C=O) groups is 2. The van der Waals surface area contributed by atoms with Crippen LogP contribution in [-0.2, 0) is 19.1 Å². The van der Waals surface area contributed by atoms with Gasteiger partial charge in [-0.1, -0.05) is 34.1 Å². The number of unbranched alkanes of at least 4 members (excludes halogenated alkanes) is 1. The molecule has 36 heavy (non-hydrogen) atoms. The van der Waals surface area contributed by atoms with E-state index in [1.165, 1.54) is 19.3 Å². The van der Waals surface area contributed by atoms with Crippen LogP contribution in [0, 0.1) is 46.3 Å². The molecule has 0 aromatic rings. The predicted molar refractivity (Wildman–Crippen MR) is 138 cm³/mol. The van der Waals surface area contributed by atoms with Gasteiger partial charge in [-0.2, -0.15) is 0 Å². The fourth-order valence-electron chi connectivity index (χ4n) is 9.31. The summed E-state index contributed by atoms with van der Waals surface area (Å²) in [5.74, 6) is 2.04. The number of carbonyl (C=O) groups excluding carboxylic acids is 2. The van der Waals surface area contributed by atoms with Crippen molar-refractivity contribution in [3.05, 3.63) is 0 Å². The SMILES string of the molecule is CCCCOC(=O)COC(=O)CC[C@@H](C)[C@H]1CC[C@H]2[C@@H]3[C@@H](O)CC4C[C@@H](O)CC[C@]4(C)[C@H]3CC[C@]12C. The molecule has 0 aromatic heterocycles. The third kappa shape index (κ3) is 5.36. The molecular formula is C30H50O6. The summed E-state index contributed by atoms with van der Waals surface area (Å²) in [5.41, 5.74) is 0.446. The number of ether oxygens (including phenoxy) is 2. The summed E-state index contributed by atoms with van der Waals surface area (Å²) < 4.78 is 10.2. The Bertz CT molecular complexity index is 783. The highest BCUT2D eigenvalue weighted by Crippen LogP contribution is 2.68. The number of fused-ring (bicyclic) bond motifs is 5. The summed E-state index contributed by atoms with van der Waals surface area (Å²) in [5, 5.41) is 21.7. The first-order chi connectivity index (χ1) is 17.1. The second-order valence-electron chi connectivity index (χ2n) is 13.2. The van der Waals surface area contributed by atoms with Gasteiger partial charge in [-0.25, -0.2) is 4.79 Å². The third-order valence-electron chi connectivity index (χ3n) is 11.3. The Morgan fingerprint density at radius 1 is 0.944 bits per heavy atom. The average Bonchev–Trinajstić information content (AvgIpc) is 3.19. The Kier molecular flexibility index (Phi) is 8.76. The van der Waals surface area contributed by atoms with E-state index in [1.54, 1.807) is 0 Å². The van der Waals surface area contributed by atoms with Gasteiger partial charge in [0.15, 0.2) is 6.61 Å². The monoisotopic (exact) mass is 506 g/mol. The number of aliphatic hydroxyl groups excluding tert-OH is 2. The van der Waals surface area contributed by atoms with E-state index in [-0.39, 0.29) is 35.6 Å². The minimum Gasteiger partial charge on any atom is -0.463 e. The molecule has 6 nitrogen and oxygen atoms in total. The van der Waals surface area contributed by atoms with Crippen LogP contribution < -0.4 is 0 Å². The Hall–Kier alpha value is -1.14. The molecule has 4 aliphatic rings. The molecule has 10 atom stereocenters. The van der Waals surface area contributed by atoms with Crippen LogP contribution in [0.4, 0.5) is 0 Å². The van der Waals surface area contributed by atoms with Crippen LogP contribution in [0.2, 0.25) is 0 Å². The third-order valence-corrected chi connectivity index (χ3v) is 11.3. The highest BCUT2D eigenvalue weighted by molar-refractivity contribution is 5.76. The summed E-state index contributed by atoms with van der Waals surface area (Å²) in [6, 6.07) is 0. The van der Waals surface area contributed by atoms with Crippen LogP contribution in [0.5, 0.6) is 0 Å². The Balaban J connectivity index is 1.32. The van der Waals surface area contributed by atoms with Crippen molar-refractivity contribution in [2.75, 3.05) is 13.2 Å². The van der Waals surface area contributed by atoms with Crippen molar-refractivity contribution >= 4 is 11.9 Å². The average molecular weight is 507 g/mol. The number of hydrogen-bond donors (Lipinski definition) is 2. The molecule has 4 saturated carbocycles. The Morgan fingerprint density at radius 3 is 2.42 bits per heavy atom. The van der Waals surface area contributed by atoms with Crippen LogP contribution in [0.3, 0.4) is 0 Å². The molecule has 4 rings (SSSR count). The van der Waals surface area contributed by atoms with E-state index in [0.717, 1.165) is 51.4 Å². The van der Waals surface area contributed by atoms with Gasteiger partial charge in [-0.15, -0.1) is 0 Å². The maximum Gasteiger partial charge on any atom is 0.344 e. The molecule has 6 heteroatoms. The van der Waals surface area contributed by atoms with E-state index in [2.05, 4.69) is 20.8 Å². The zero-order valence-corrected chi connectivity index (χ0v) is 23.0. The normalized spacial score (nSPS) is 42.6. The summed E-state index contributed by atoms with van der Waals surface area (Å²) in [6.07, 6.45) is 10.8. The van der Waals surface area contributed by atoms with E-state index in [4.69, 9.17) is 9.47 Å². The molecule has 0 aromatic carbocycles. The van der Waals surface area contributed by atoms with Crippen molar-refractivity contribution in [3.63, 3.8) is 0 Å². The quantitative estimate of drug-likeness (QED) is 0.326. The first kappa shape index (κ1) is 27.9. The van der Waals surface area contributed by atoms with Crippen LogP contribution in [-0.4, -0.2) is 47.6 Å². The van der Waals surface area contributed by atoms with E-state index in [9.17, 15) is 19.8 Å². The molecule has 0 saturated heterocycles. The molecule has 0 aliphatic heterocycles. The fourth-order valence-corrected chi connectivity index (χ4v) is 9.31. The number of hydrogen-bond acceptors (Lipinski definition) is 6. The van der Waals surface area contributed by atoms with Crippen molar-refractivity contribution in [2.45, 2.75) is 117 Å². The maximum absolute atomic E-state index is 12.3. The molecule has 0 spiro atoms. The van der Waals surface area contributed by atoms with Gasteiger partial charge in [0.05, 0.1) is 18.8 Å². The molecule has 4 aliphatic carbocycles. The molecule has 4 fully saturated rings. The van der Waals surface area contributed by atoms with Crippen LogP contribution in [0.15, 0.2) is 0 Å². The summed E-state index contributed by atoms with van der Waals surface area (Å²) in [4.78, 5) is 24.0. The predicted octanol–water partition coefficient (Wildman–Crippen LogP) is 5.28. The minimum absolute atomic E-state index is 0.198. The standard InChI is InChI=1S/C30H50O6/c1-5-6-15-35-27(34)18-36-26(33)10-7-19(2)22-8-9-23-28-24(12-14-30(22,23)4)29(3)13-11-21(31)16-20(29)17-25(28)32/h19-25,28,31-32H,5-18H2,1-4H3/t19-,20?,21+,22-,23+,24+,25+,28+,29+,30-/m1/s1. The van der Waals surface area contributed by atoms with Crippen molar-refractivity contribution in [1.82, 2.24) is 0 Å². The lowest BCUT2D eigenvalue weighted by Crippen LogP contribution is -2.58. The first-order valence-corrected chi connectivity index (χ1v) is 14.8. The fraction of sp³-hybridized carbons (Fsp3) is 0.933. The maximum atomic E-state index is 12.3. The topological polar surface area (TPSA) is 93.1 Å². The van der Waals surface area contributed by atoms with Crippen molar-refractivity contribution in [1.29, 1.82) is 0 Å². The van der Waals surface area contributed by atoms with Crippen molar-refractivity contribution in [2.24, 2.45) is 46.3 Å². The smallest absolute Gasteiger partial charge is 0.344 e. The molecule has 206 valence electrons. The van der Waals surface area contributed by atoms with Gasteiger partial charge < -0.3 is 19.7 Å². The highest BCUT2D eigenvalue weighted by Gasteiger charge is 2.62. The molecule has 0 radical (unpaired) electrons. The zero-order chi connectivity index (χ0) is 26.1. The molecule has 0 heterocycles. The van der Waals surface area contributed by atoms with Gasteiger partial charge in [0.2, 0.25) is 0 Å². The van der Waals surface area contributed by atoms with Crippen LogP contribution in [0.1, 0.15) is 105 Å². The first-order valence-electron chi connectivity index (χ1n) is 14.8. The van der Waals surface area contributed by atoms with E-state index < -0.39 is 5.97 Å². The Morgan fingerprint density at radius 2 is 1.67 bits per heavy atom. The molecule has 0 amide bonds. The Labute approximate surface area is 217 Å². The summed E-state index contributed by atoms with van der Waals surface area (Å²) in [7, 11) is 0. The summed E-state index contributed by atoms with van der Waals surface area (Å²) >= 11 is 0. The van der Waals surface area contributed by atoms with Gasteiger partial charge in [-0.05, 0) is 111 Å². The lowest BCUT2D eigenvalue weighted by atomic mass is 9.43. The van der Waals surface area contributed by atoms with E-state index >= 15 is 0 Å². The van der Waals surface area contributed by atoms with Crippen molar-refractivity contribution in [3.8, 4) is 0 Å². The van der Waals surface area contributed by atoms with Gasteiger partial charge in [0, 0.05) is 6.42 Å². The second-order valence-corrected chi connectivity index (χ2v) is 13.2. The van der Waals surface area contributed by atoms with E-state index in [0.29, 0.717) is 48.5 Å². The van der Waals surface area contributed by atoms with Gasteiger partial charge in [0.25, 0.3) is 0 Å². The van der Waals surface area contributed by atoms with Gasteiger partial charge in [0.1, 0.15) is 0 Å². The van der Waals surface area contributed by atoms with Crippen molar-refractivity contribution < 1.29 is 29.3 Å². The molecular weight excluding hydrogens is 456 g/mol. The highest BCUT2D eigenvalue weighted by atomic mass is 16.6. The molecule has 0 bridgehead atoms. The lowest BCUT2D eigenvalue weighted by molar-refractivity contribution is -0.174. The molecule has 1 unspecified atom stereocenters. The largest absolute Gasteiger partial charge is 0.463 e. The number of aliphatic hydroxyl groups is 2. The molecule has 2 N–H and O–H groups in total. The summed E-state index contributed by atoms with van der Waals surface area (Å²) in [6.45, 7) is 9.30. The van der Waals surface area contributed by atoms with Crippen LogP contribution >= 0.6 is 0 Å².